The summed E-state index contributed by atoms with van der Waals surface area (Å²) < 4.78 is 10.8. The molecule has 8 heteroatoms. The number of thiazole rings is 1. The fourth-order valence-electron chi connectivity index (χ4n) is 2.16. The smallest absolute Gasteiger partial charge is 0.184 e. The number of aliphatic hydroxyl groups excluding tert-OH is 2. The second-order valence-electron chi connectivity index (χ2n) is 4.49. The quantitative estimate of drug-likeness (QED) is 0.733. The Labute approximate surface area is 120 Å². The minimum atomic E-state index is -1.05. The van der Waals surface area contributed by atoms with Crippen molar-refractivity contribution in [2.75, 3.05) is 12.4 Å². The largest absolute Gasteiger partial charge is 0.388 e. The van der Waals surface area contributed by atoms with Gasteiger partial charge in [0.25, 0.3) is 0 Å². The molecule has 7 nitrogen and oxygen atoms in total. The number of ether oxygens (including phenoxy) is 2. The molecule has 0 aliphatic carbocycles. The third kappa shape index (κ3) is 2.92. The van der Waals surface area contributed by atoms with Gasteiger partial charge in [-0.2, -0.15) is 5.26 Å². The number of hydrogen-bond donors (Lipinski definition) is 3. The van der Waals surface area contributed by atoms with Crippen LogP contribution >= 0.6 is 11.3 Å². The summed E-state index contributed by atoms with van der Waals surface area (Å²) in [5.41, 5.74) is 0.296. The van der Waals surface area contributed by atoms with E-state index in [0.29, 0.717) is 17.2 Å². The lowest BCUT2D eigenvalue weighted by molar-refractivity contribution is -0.248. The van der Waals surface area contributed by atoms with Crippen molar-refractivity contribution in [3.63, 3.8) is 0 Å². The molecule has 0 bridgehead atoms. The minimum absolute atomic E-state index is 0.296. The van der Waals surface area contributed by atoms with Crippen LogP contribution in [-0.2, 0) is 9.47 Å². The number of aliphatic hydroxyl groups is 2. The van der Waals surface area contributed by atoms with E-state index in [0.717, 1.165) is 0 Å². The van der Waals surface area contributed by atoms with Gasteiger partial charge in [0.15, 0.2) is 17.1 Å². The minimum Gasteiger partial charge on any atom is -0.388 e. The van der Waals surface area contributed by atoms with Crippen LogP contribution in [0.3, 0.4) is 0 Å². The predicted octanol–water partition coefficient (Wildman–Crippen LogP) is 0.298. The third-order valence-electron chi connectivity index (χ3n) is 3.24. The van der Waals surface area contributed by atoms with Gasteiger partial charge in [-0.15, -0.1) is 11.3 Å². The summed E-state index contributed by atoms with van der Waals surface area (Å²) >= 11 is 1.24. The molecule has 110 valence electrons. The fraction of sp³-hybridized carbons (Fsp3) is 0.667. The zero-order valence-electron chi connectivity index (χ0n) is 11.2. The van der Waals surface area contributed by atoms with Gasteiger partial charge < -0.3 is 25.0 Å². The summed E-state index contributed by atoms with van der Waals surface area (Å²) in [4.78, 5) is 4.03. The van der Waals surface area contributed by atoms with E-state index in [-0.39, 0.29) is 0 Å². The van der Waals surface area contributed by atoms with Crippen LogP contribution < -0.4 is 5.32 Å². The van der Waals surface area contributed by atoms with Gasteiger partial charge in [-0.3, -0.25) is 0 Å². The average molecular weight is 299 g/mol. The standard InChI is InChI=1S/C12H17N3O4S/c1-3-7-9(16)10(17)8(11(18-2)19-7)15-12-14-6(4-13)5-20-12/h5,7-11,16-17H,3H2,1-2H3,(H,14,15)/t7-,8+,9+,10-,11-/m1/s1. The van der Waals surface area contributed by atoms with Gasteiger partial charge in [0.05, 0.1) is 6.10 Å². The summed E-state index contributed by atoms with van der Waals surface area (Å²) in [7, 11) is 1.47. The lowest BCUT2D eigenvalue weighted by Crippen LogP contribution is -2.60. The molecule has 0 radical (unpaired) electrons. The molecular formula is C12H17N3O4S. The van der Waals surface area contributed by atoms with Crippen LogP contribution in [0.5, 0.6) is 0 Å². The van der Waals surface area contributed by atoms with Gasteiger partial charge in [-0.05, 0) is 6.42 Å². The van der Waals surface area contributed by atoms with Gasteiger partial charge in [0, 0.05) is 12.5 Å². The van der Waals surface area contributed by atoms with Crippen molar-refractivity contribution in [2.24, 2.45) is 0 Å². The molecule has 1 aromatic heterocycles. The van der Waals surface area contributed by atoms with Crippen molar-refractivity contribution in [3.05, 3.63) is 11.1 Å². The normalized spacial score (nSPS) is 33.6. The lowest BCUT2D eigenvalue weighted by Gasteiger charge is -2.42. The molecule has 1 aliphatic rings. The molecule has 20 heavy (non-hydrogen) atoms. The number of nitrogens with one attached hydrogen (secondary N) is 1. The highest BCUT2D eigenvalue weighted by Gasteiger charge is 2.44. The number of nitrogens with zero attached hydrogens (tertiary/aromatic N) is 2. The first-order chi connectivity index (χ1) is 9.60. The first kappa shape index (κ1) is 15.2. The Balaban J connectivity index is 2.13. The van der Waals surface area contributed by atoms with Crippen LogP contribution in [0.1, 0.15) is 19.0 Å². The summed E-state index contributed by atoms with van der Waals surface area (Å²) in [6.45, 7) is 1.86. The van der Waals surface area contributed by atoms with E-state index in [1.165, 1.54) is 18.4 Å². The molecule has 1 aromatic rings. The van der Waals surface area contributed by atoms with Crippen LogP contribution in [-0.4, -0.2) is 53.0 Å². The van der Waals surface area contributed by atoms with E-state index < -0.39 is 30.6 Å². The summed E-state index contributed by atoms with van der Waals surface area (Å²) in [5, 5.41) is 34.0. The van der Waals surface area contributed by atoms with Gasteiger partial charge in [-0.1, -0.05) is 6.92 Å². The molecule has 5 atom stereocenters. The van der Waals surface area contributed by atoms with Crippen LogP contribution in [0, 0.1) is 11.3 Å². The molecule has 2 rings (SSSR count). The second-order valence-corrected chi connectivity index (χ2v) is 5.35. The molecule has 0 unspecified atom stereocenters. The Kier molecular flexibility index (Phi) is 4.91. The lowest BCUT2D eigenvalue weighted by atomic mass is 9.95. The zero-order chi connectivity index (χ0) is 14.7. The monoisotopic (exact) mass is 299 g/mol. The Morgan fingerprint density at radius 1 is 1.55 bits per heavy atom. The van der Waals surface area contributed by atoms with Crippen molar-refractivity contribution >= 4 is 16.5 Å². The number of aromatic nitrogens is 1. The Morgan fingerprint density at radius 2 is 2.30 bits per heavy atom. The highest BCUT2D eigenvalue weighted by molar-refractivity contribution is 7.13. The summed E-state index contributed by atoms with van der Waals surface area (Å²) in [6, 6.07) is 1.27. The molecule has 1 aliphatic heterocycles. The predicted molar refractivity (Wildman–Crippen MR) is 72.2 cm³/mol. The molecule has 3 N–H and O–H groups in total. The van der Waals surface area contributed by atoms with Gasteiger partial charge >= 0.3 is 0 Å². The van der Waals surface area contributed by atoms with Crippen molar-refractivity contribution in [3.8, 4) is 6.07 Å². The number of nitriles is 1. The average Bonchev–Trinajstić information content (AvgIpc) is 2.92. The van der Waals surface area contributed by atoms with Crippen LogP contribution in [0.2, 0.25) is 0 Å². The SMILES string of the molecule is CC[C@H]1O[C@@H](OC)[C@@H](Nc2nc(C#N)cs2)[C@@H](O)[C@H]1O. The fourth-order valence-corrected chi connectivity index (χ4v) is 2.84. The molecular weight excluding hydrogens is 282 g/mol. The second kappa shape index (κ2) is 6.47. The van der Waals surface area contributed by atoms with Crippen LogP contribution in [0.4, 0.5) is 5.13 Å². The molecule has 1 fully saturated rings. The van der Waals surface area contributed by atoms with Gasteiger partial charge in [-0.25, -0.2) is 4.98 Å². The maximum Gasteiger partial charge on any atom is 0.184 e. The molecule has 1 saturated heterocycles. The van der Waals surface area contributed by atoms with E-state index in [1.807, 2.05) is 13.0 Å². The van der Waals surface area contributed by atoms with Gasteiger partial charge in [0.2, 0.25) is 0 Å². The topological polar surface area (TPSA) is 108 Å². The molecule has 2 heterocycles. The van der Waals surface area contributed by atoms with E-state index >= 15 is 0 Å². The number of rotatable bonds is 4. The Bertz CT molecular complexity index is 487. The van der Waals surface area contributed by atoms with Crippen molar-refractivity contribution < 1.29 is 19.7 Å². The van der Waals surface area contributed by atoms with Crippen molar-refractivity contribution in [2.45, 2.75) is 44.0 Å². The highest BCUT2D eigenvalue weighted by atomic mass is 32.1. The first-order valence-electron chi connectivity index (χ1n) is 6.27. The number of hydrogen-bond acceptors (Lipinski definition) is 8. The zero-order valence-corrected chi connectivity index (χ0v) is 12.0. The third-order valence-corrected chi connectivity index (χ3v) is 4.02. The van der Waals surface area contributed by atoms with Crippen molar-refractivity contribution in [1.29, 1.82) is 5.26 Å². The van der Waals surface area contributed by atoms with E-state index in [9.17, 15) is 10.2 Å². The Hall–Kier alpha value is -1.24. The Morgan fingerprint density at radius 3 is 2.85 bits per heavy atom. The maximum absolute atomic E-state index is 10.2. The number of anilines is 1. The van der Waals surface area contributed by atoms with Crippen LogP contribution in [0.15, 0.2) is 5.38 Å². The van der Waals surface area contributed by atoms with E-state index in [4.69, 9.17) is 14.7 Å². The summed E-state index contributed by atoms with van der Waals surface area (Å²) in [6.07, 6.45) is -2.65. The summed E-state index contributed by atoms with van der Waals surface area (Å²) in [5.74, 6) is 0. The molecule has 0 aromatic carbocycles. The van der Waals surface area contributed by atoms with E-state index in [2.05, 4.69) is 10.3 Å². The molecule has 0 saturated carbocycles. The number of methoxy groups -OCH3 is 1. The van der Waals surface area contributed by atoms with Gasteiger partial charge in [0.1, 0.15) is 24.3 Å². The van der Waals surface area contributed by atoms with Crippen molar-refractivity contribution in [1.82, 2.24) is 4.98 Å². The first-order valence-corrected chi connectivity index (χ1v) is 7.15. The van der Waals surface area contributed by atoms with E-state index in [1.54, 1.807) is 5.38 Å². The molecule has 0 amide bonds. The van der Waals surface area contributed by atoms with Crippen LogP contribution in [0.25, 0.3) is 0 Å². The molecule has 0 spiro atoms. The maximum atomic E-state index is 10.2. The highest BCUT2D eigenvalue weighted by Crippen LogP contribution is 2.27.